The smallest absolute Gasteiger partial charge is 0.480 e. The van der Waals surface area contributed by atoms with Crippen molar-refractivity contribution in [2.45, 2.75) is 123 Å². The Morgan fingerprint density at radius 3 is 1.88 bits per heavy atom. The van der Waals surface area contributed by atoms with E-state index in [-0.39, 0.29) is 36.9 Å². The highest BCUT2D eigenvalue weighted by molar-refractivity contribution is 5.79. The number of nitrogens with two attached hydrogens (primary N) is 1. The van der Waals surface area contributed by atoms with E-state index in [0.717, 1.165) is 19.3 Å². The number of benzene rings is 1. The number of carboxylic acid groups (broad SMARTS) is 1. The molecule has 0 spiro atoms. The van der Waals surface area contributed by atoms with E-state index in [1.165, 1.54) is 18.2 Å². The molecule has 0 aliphatic carbocycles. The van der Waals surface area contributed by atoms with E-state index in [4.69, 9.17) is 29.4 Å². The number of carbonyl (C=O) groups is 4. The summed E-state index contributed by atoms with van der Waals surface area (Å²) in [7, 11) is 0. The van der Waals surface area contributed by atoms with Crippen LogP contribution in [0.4, 0.5) is 9.59 Å². The molecular formula is C29H45NO10. The molecule has 0 aromatic heterocycles. The minimum Gasteiger partial charge on any atom is -0.480 e. The first-order chi connectivity index (χ1) is 18.8. The monoisotopic (exact) mass is 567 g/mol. The van der Waals surface area contributed by atoms with Gasteiger partial charge in [-0.15, -0.1) is 0 Å². The van der Waals surface area contributed by atoms with Gasteiger partial charge < -0.3 is 34.5 Å². The molecule has 1 rings (SSSR count). The summed E-state index contributed by atoms with van der Waals surface area (Å²) in [4.78, 5) is 48.9. The summed E-state index contributed by atoms with van der Waals surface area (Å²) in [5.41, 5.74) is 4.84. The van der Waals surface area contributed by atoms with Crippen molar-refractivity contribution in [3.63, 3.8) is 0 Å². The van der Waals surface area contributed by atoms with Gasteiger partial charge in [0.25, 0.3) is 0 Å². The van der Waals surface area contributed by atoms with Gasteiger partial charge in [-0.1, -0.05) is 46.1 Å². The van der Waals surface area contributed by atoms with Crippen molar-refractivity contribution >= 4 is 24.2 Å². The zero-order chi connectivity index (χ0) is 30.3. The third kappa shape index (κ3) is 12.7. The first kappa shape index (κ1) is 34.7. The summed E-state index contributed by atoms with van der Waals surface area (Å²) in [6, 6.07) is 4.21. The quantitative estimate of drug-likeness (QED) is 0.130. The molecule has 0 heterocycles. The molecule has 0 aliphatic rings. The molecule has 1 aromatic carbocycles. The van der Waals surface area contributed by atoms with Gasteiger partial charge in [0.05, 0.1) is 0 Å². The fraction of sp³-hybridized carbons (Fsp3) is 0.655. The lowest BCUT2D eigenvalue weighted by atomic mass is 9.86. The maximum Gasteiger partial charge on any atom is 0.514 e. The van der Waals surface area contributed by atoms with Crippen LogP contribution in [-0.4, -0.2) is 53.2 Å². The summed E-state index contributed by atoms with van der Waals surface area (Å²) in [5.74, 6) is -2.00. The lowest BCUT2D eigenvalue weighted by Gasteiger charge is -2.28. The number of carboxylic acids is 1. The van der Waals surface area contributed by atoms with Crippen molar-refractivity contribution < 1.29 is 48.0 Å². The number of hydrogen-bond acceptors (Lipinski definition) is 10. The van der Waals surface area contributed by atoms with Gasteiger partial charge in [-0.05, 0) is 57.7 Å². The Hall–Kier alpha value is -3.34. The van der Waals surface area contributed by atoms with E-state index in [9.17, 15) is 24.3 Å². The molecule has 0 saturated carbocycles. The Labute approximate surface area is 236 Å². The zero-order valence-electron chi connectivity index (χ0n) is 24.5. The fourth-order valence-corrected chi connectivity index (χ4v) is 4.07. The Morgan fingerprint density at radius 1 is 0.825 bits per heavy atom. The lowest BCUT2D eigenvalue weighted by molar-refractivity contribution is -0.153. The van der Waals surface area contributed by atoms with Crippen molar-refractivity contribution in [1.82, 2.24) is 0 Å². The highest BCUT2D eigenvalue weighted by Crippen LogP contribution is 2.32. The van der Waals surface area contributed by atoms with Crippen LogP contribution in [-0.2, 0) is 30.2 Å². The Bertz CT molecular complexity index is 982. The number of carbonyl (C=O) groups excluding carboxylic acids is 3. The van der Waals surface area contributed by atoms with Crippen LogP contribution < -0.4 is 15.2 Å². The molecule has 0 bridgehead atoms. The molecule has 0 fully saturated rings. The van der Waals surface area contributed by atoms with E-state index >= 15 is 0 Å². The van der Waals surface area contributed by atoms with Gasteiger partial charge in [0.2, 0.25) is 0 Å². The Morgan fingerprint density at radius 2 is 1.38 bits per heavy atom. The first-order valence-electron chi connectivity index (χ1n) is 13.9. The molecule has 40 heavy (non-hydrogen) atoms. The second-order valence-corrected chi connectivity index (χ2v) is 10.2. The number of hydrogen-bond donors (Lipinski definition) is 2. The van der Waals surface area contributed by atoms with Crippen LogP contribution in [0, 0.1) is 0 Å². The maximum absolute atomic E-state index is 12.4. The molecule has 0 saturated heterocycles. The van der Waals surface area contributed by atoms with Gasteiger partial charge in [-0.25, -0.2) is 9.59 Å². The van der Waals surface area contributed by atoms with Gasteiger partial charge in [-0.3, -0.25) is 9.59 Å². The van der Waals surface area contributed by atoms with E-state index in [0.29, 0.717) is 24.8 Å². The number of esters is 1. The van der Waals surface area contributed by atoms with Crippen molar-refractivity contribution in [2.24, 2.45) is 5.73 Å². The molecule has 226 valence electrons. The standard InChI is InChI=1S/C29H45NO10/c1-7-10-13-25(31)36-21(6)17-29(30,26(32)33)18-22-14-15-23(39-27(34)37-19(4)11-8-2)24(16-22)40-28(35)38-20(5)12-9-3/h14-16,19-21H,7-13,17-18,30H2,1-6H3,(H,32,33)/t19?,20?,21-,29?/m0/s1. The zero-order valence-corrected chi connectivity index (χ0v) is 24.5. The molecule has 0 radical (unpaired) electrons. The number of ether oxygens (including phenoxy) is 5. The van der Waals surface area contributed by atoms with E-state index in [1.54, 1.807) is 20.8 Å². The summed E-state index contributed by atoms with van der Waals surface area (Å²) in [6.07, 6.45) is 0.687. The van der Waals surface area contributed by atoms with Crippen LogP contribution in [0.5, 0.6) is 11.5 Å². The topological polar surface area (TPSA) is 161 Å². The summed E-state index contributed by atoms with van der Waals surface area (Å²) < 4.78 is 26.5. The molecule has 1 aromatic rings. The van der Waals surface area contributed by atoms with Crippen molar-refractivity contribution in [2.75, 3.05) is 0 Å². The summed E-state index contributed by atoms with van der Waals surface area (Å²) >= 11 is 0. The second kappa shape index (κ2) is 17.4. The average Bonchev–Trinajstić information content (AvgIpc) is 2.84. The number of rotatable bonds is 17. The van der Waals surface area contributed by atoms with E-state index < -0.39 is 42.0 Å². The lowest BCUT2D eigenvalue weighted by Crippen LogP contribution is -2.52. The molecule has 0 aliphatic heterocycles. The van der Waals surface area contributed by atoms with Crippen LogP contribution in [0.1, 0.15) is 98.5 Å². The van der Waals surface area contributed by atoms with E-state index in [2.05, 4.69) is 0 Å². The Balaban J connectivity index is 3.18. The largest absolute Gasteiger partial charge is 0.514 e. The van der Waals surface area contributed by atoms with E-state index in [1.807, 2.05) is 20.8 Å². The Kier molecular flexibility index (Phi) is 15.1. The maximum atomic E-state index is 12.4. The van der Waals surface area contributed by atoms with Crippen molar-refractivity contribution in [3.05, 3.63) is 23.8 Å². The fourth-order valence-electron chi connectivity index (χ4n) is 4.07. The third-order valence-corrected chi connectivity index (χ3v) is 6.04. The van der Waals surface area contributed by atoms with Gasteiger partial charge >= 0.3 is 24.2 Å². The molecule has 11 nitrogen and oxygen atoms in total. The van der Waals surface area contributed by atoms with Crippen molar-refractivity contribution in [1.29, 1.82) is 0 Å². The molecule has 0 amide bonds. The normalized spacial score (nSPS) is 14.7. The van der Waals surface area contributed by atoms with Gasteiger partial charge in [0, 0.05) is 19.3 Å². The average molecular weight is 568 g/mol. The minimum absolute atomic E-state index is 0.117. The van der Waals surface area contributed by atoms with Crippen LogP contribution in [0.3, 0.4) is 0 Å². The van der Waals surface area contributed by atoms with Crippen molar-refractivity contribution in [3.8, 4) is 11.5 Å². The minimum atomic E-state index is -1.81. The highest BCUT2D eigenvalue weighted by Gasteiger charge is 2.37. The predicted octanol–water partition coefficient (Wildman–Crippen LogP) is 5.93. The van der Waals surface area contributed by atoms with Crippen LogP contribution in [0.15, 0.2) is 18.2 Å². The number of unbranched alkanes of at least 4 members (excludes halogenated alkanes) is 1. The summed E-state index contributed by atoms with van der Waals surface area (Å²) in [5, 5.41) is 9.93. The third-order valence-electron chi connectivity index (χ3n) is 6.04. The van der Waals surface area contributed by atoms with Crippen LogP contribution >= 0.6 is 0 Å². The van der Waals surface area contributed by atoms with Gasteiger partial charge in [0.1, 0.15) is 23.9 Å². The highest BCUT2D eigenvalue weighted by atomic mass is 16.7. The first-order valence-corrected chi connectivity index (χ1v) is 13.9. The second-order valence-electron chi connectivity index (χ2n) is 10.2. The summed E-state index contributed by atoms with van der Waals surface area (Å²) in [6.45, 7) is 10.9. The number of aliphatic carboxylic acids is 1. The molecule has 3 N–H and O–H groups in total. The van der Waals surface area contributed by atoms with Crippen LogP contribution in [0.25, 0.3) is 0 Å². The van der Waals surface area contributed by atoms with Crippen LogP contribution in [0.2, 0.25) is 0 Å². The predicted molar refractivity (Wildman–Crippen MR) is 147 cm³/mol. The van der Waals surface area contributed by atoms with Gasteiger partial charge in [-0.2, -0.15) is 0 Å². The van der Waals surface area contributed by atoms with Gasteiger partial charge in [0.15, 0.2) is 11.5 Å². The molecular weight excluding hydrogens is 522 g/mol. The molecule has 4 atom stereocenters. The molecule has 11 heteroatoms. The SMILES string of the molecule is CCCCC(=O)O[C@@H](C)CC(N)(Cc1ccc(OC(=O)OC(C)CCC)c(OC(=O)OC(C)CCC)c1)C(=O)O. The molecule has 3 unspecified atom stereocenters.